The highest BCUT2D eigenvalue weighted by molar-refractivity contribution is 6.30. The summed E-state index contributed by atoms with van der Waals surface area (Å²) in [5.74, 6) is -1.24. The Morgan fingerprint density at radius 3 is 2.50 bits per heavy atom. The van der Waals surface area contributed by atoms with E-state index in [9.17, 15) is 13.6 Å². The molecule has 164 valence electrons. The van der Waals surface area contributed by atoms with Crippen LogP contribution in [0.5, 0.6) is 5.75 Å². The lowest BCUT2D eigenvalue weighted by Gasteiger charge is -2.20. The van der Waals surface area contributed by atoms with Crippen LogP contribution >= 0.6 is 11.6 Å². The maximum absolute atomic E-state index is 13.9. The van der Waals surface area contributed by atoms with E-state index in [0.29, 0.717) is 39.3 Å². The first-order valence-corrected chi connectivity index (χ1v) is 10.2. The van der Waals surface area contributed by atoms with Crippen LogP contribution in [-0.4, -0.2) is 28.8 Å². The van der Waals surface area contributed by atoms with Crippen molar-refractivity contribution >= 4 is 22.4 Å². The first-order valence-electron chi connectivity index (χ1n) is 9.83. The number of aromatic nitrogens is 2. The van der Waals surface area contributed by atoms with Crippen molar-refractivity contribution < 1.29 is 13.5 Å². The third-order valence-electron chi connectivity index (χ3n) is 5.12. The Balaban J connectivity index is 1.75. The lowest BCUT2D eigenvalue weighted by molar-refractivity contribution is 0.238. The van der Waals surface area contributed by atoms with Gasteiger partial charge >= 0.3 is 0 Å². The second-order valence-corrected chi connectivity index (χ2v) is 7.88. The van der Waals surface area contributed by atoms with Crippen molar-refractivity contribution in [2.45, 2.75) is 13.2 Å². The summed E-state index contributed by atoms with van der Waals surface area (Å²) in [5.41, 5.74) is 1.36. The fourth-order valence-electron chi connectivity index (χ4n) is 3.63. The van der Waals surface area contributed by atoms with Crippen LogP contribution in [0.25, 0.3) is 22.0 Å². The number of ether oxygens (including phenoxy) is 1. The van der Waals surface area contributed by atoms with E-state index in [1.807, 2.05) is 11.9 Å². The lowest BCUT2D eigenvalue weighted by atomic mass is 10.0. The minimum atomic E-state index is -0.976. The fourth-order valence-corrected chi connectivity index (χ4v) is 3.82. The molecule has 0 N–H and O–H groups in total. The highest BCUT2D eigenvalue weighted by atomic mass is 35.5. The standard InChI is InChI=1S/C24H20ClF2N3O2/c1-29(13-16-11-17(25)8-10-22(16)32-2)14-30-24(31)19-6-4-3-5-18(19)23(28-30)15-7-9-20(26)21(27)12-15/h3-12H,13-14H2,1-2H3. The van der Waals surface area contributed by atoms with Crippen LogP contribution in [-0.2, 0) is 13.2 Å². The topological polar surface area (TPSA) is 47.4 Å². The maximum Gasteiger partial charge on any atom is 0.275 e. The van der Waals surface area contributed by atoms with Crippen LogP contribution in [0.4, 0.5) is 8.78 Å². The van der Waals surface area contributed by atoms with Crippen molar-refractivity contribution in [2.75, 3.05) is 14.2 Å². The normalized spacial score (nSPS) is 11.3. The number of hydrogen-bond acceptors (Lipinski definition) is 4. The smallest absolute Gasteiger partial charge is 0.275 e. The van der Waals surface area contributed by atoms with Gasteiger partial charge in [-0.3, -0.25) is 9.69 Å². The molecule has 0 spiro atoms. The summed E-state index contributed by atoms with van der Waals surface area (Å²) >= 11 is 6.12. The summed E-state index contributed by atoms with van der Waals surface area (Å²) in [6.07, 6.45) is 0. The number of rotatable bonds is 6. The van der Waals surface area contributed by atoms with E-state index in [-0.39, 0.29) is 12.2 Å². The first kappa shape index (κ1) is 21.9. The van der Waals surface area contributed by atoms with Gasteiger partial charge in [0.2, 0.25) is 0 Å². The summed E-state index contributed by atoms with van der Waals surface area (Å²) in [6, 6.07) is 15.9. The highest BCUT2D eigenvalue weighted by Gasteiger charge is 2.15. The Bertz CT molecular complexity index is 1360. The van der Waals surface area contributed by atoms with E-state index >= 15 is 0 Å². The number of methoxy groups -OCH3 is 1. The van der Waals surface area contributed by atoms with Gasteiger partial charge in [-0.25, -0.2) is 13.5 Å². The van der Waals surface area contributed by atoms with Crippen LogP contribution in [0.1, 0.15) is 5.56 Å². The van der Waals surface area contributed by atoms with Gasteiger partial charge in [0.1, 0.15) is 5.75 Å². The molecule has 0 aliphatic carbocycles. The number of fused-ring (bicyclic) bond motifs is 1. The molecule has 0 radical (unpaired) electrons. The Morgan fingerprint density at radius 2 is 1.78 bits per heavy atom. The van der Waals surface area contributed by atoms with Crippen molar-refractivity contribution in [1.29, 1.82) is 0 Å². The molecule has 0 aliphatic heterocycles. The molecule has 0 unspecified atom stereocenters. The van der Waals surface area contributed by atoms with Gasteiger partial charge in [-0.05, 0) is 49.5 Å². The van der Waals surface area contributed by atoms with Gasteiger partial charge in [0.25, 0.3) is 5.56 Å². The van der Waals surface area contributed by atoms with Gasteiger partial charge in [-0.2, -0.15) is 5.10 Å². The second-order valence-electron chi connectivity index (χ2n) is 7.44. The summed E-state index contributed by atoms with van der Waals surface area (Å²) in [5, 5.41) is 6.09. The first-order chi connectivity index (χ1) is 15.4. The van der Waals surface area contributed by atoms with Gasteiger partial charge < -0.3 is 4.74 Å². The number of benzene rings is 3. The van der Waals surface area contributed by atoms with Crippen molar-refractivity contribution in [3.8, 4) is 17.0 Å². The maximum atomic E-state index is 13.9. The van der Waals surface area contributed by atoms with Gasteiger partial charge in [-0.15, -0.1) is 0 Å². The van der Waals surface area contributed by atoms with Crippen molar-refractivity contribution in [3.63, 3.8) is 0 Å². The van der Waals surface area contributed by atoms with Crippen LogP contribution in [0.15, 0.2) is 65.5 Å². The Kier molecular flexibility index (Phi) is 6.21. The summed E-state index contributed by atoms with van der Waals surface area (Å²) < 4.78 is 34.1. The SMILES string of the molecule is COc1ccc(Cl)cc1CN(C)Cn1nc(-c2ccc(F)c(F)c2)c2ccccc2c1=O. The third kappa shape index (κ3) is 4.35. The van der Waals surface area contributed by atoms with Gasteiger partial charge in [0.05, 0.1) is 24.9 Å². The summed E-state index contributed by atoms with van der Waals surface area (Å²) in [4.78, 5) is 15.0. The average molecular weight is 456 g/mol. The zero-order valence-corrected chi connectivity index (χ0v) is 18.2. The van der Waals surface area contributed by atoms with Crippen LogP contribution in [0.3, 0.4) is 0 Å². The molecule has 0 saturated carbocycles. The predicted molar refractivity (Wildman–Crippen MR) is 121 cm³/mol. The molecule has 0 aliphatic rings. The molecule has 0 atom stereocenters. The fraction of sp³-hybridized carbons (Fsp3) is 0.167. The number of hydrogen-bond donors (Lipinski definition) is 0. The summed E-state index contributed by atoms with van der Waals surface area (Å²) in [7, 11) is 3.41. The largest absolute Gasteiger partial charge is 0.496 e. The molecule has 1 heterocycles. The Labute approximate surface area is 188 Å². The molecule has 3 aromatic carbocycles. The van der Waals surface area contributed by atoms with Crippen LogP contribution in [0, 0.1) is 11.6 Å². The molecule has 0 fully saturated rings. The van der Waals surface area contributed by atoms with Crippen molar-refractivity contribution in [3.05, 3.63) is 93.2 Å². The third-order valence-corrected chi connectivity index (χ3v) is 5.35. The molecule has 0 bridgehead atoms. The molecule has 0 amide bonds. The van der Waals surface area contributed by atoms with Gasteiger partial charge in [0, 0.05) is 28.1 Å². The predicted octanol–water partition coefficient (Wildman–Crippen LogP) is 5.09. The van der Waals surface area contributed by atoms with Crippen LogP contribution in [0.2, 0.25) is 5.02 Å². The molecular formula is C24H20ClF2N3O2. The summed E-state index contributed by atoms with van der Waals surface area (Å²) in [6.45, 7) is 0.612. The van der Waals surface area contributed by atoms with Gasteiger partial charge in [-0.1, -0.05) is 29.8 Å². The number of halogens is 3. The zero-order valence-electron chi connectivity index (χ0n) is 17.5. The molecular weight excluding hydrogens is 436 g/mol. The molecule has 0 saturated heterocycles. The van der Waals surface area contributed by atoms with Crippen LogP contribution < -0.4 is 10.3 Å². The minimum absolute atomic E-state index is 0.163. The number of nitrogens with zero attached hydrogens (tertiary/aromatic N) is 3. The minimum Gasteiger partial charge on any atom is -0.496 e. The highest BCUT2D eigenvalue weighted by Crippen LogP contribution is 2.27. The molecule has 4 aromatic rings. The molecule has 8 heteroatoms. The van der Waals surface area contributed by atoms with E-state index in [2.05, 4.69) is 5.10 Å². The van der Waals surface area contributed by atoms with E-state index in [1.165, 1.54) is 10.7 Å². The molecule has 4 rings (SSSR count). The van der Waals surface area contributed by atoms with E-state index in [4.69, 9.17) is 16.3 Å². The Morgan fingerprint density at radius 1 is 1.03 bits per heavy atom. The van der Waals surface area contributed by atoms with Gasteiger partial charge in [0.15, 0.2) is 11.6 Å². The van der Waals surface area contributed by atoms with E-state index in [0.717, 1.165) is 17.7 Å². The van der Waals surface area contributed by atoms with Crippen molar-refractivity contribution in [2.24, 2.45) is 0 Å². The van der Waals surface area contributed by atoms with E-state index < -0.39 is 11.6 Å². The average Bonchev–Trinajstić information content (AvgIpc) is 2.78. The molecule has 1 aromatic heterocycles. The lowest BCUT2D eigenvalue weighted by Crippen LogP contribution is -2.32. The van der Waals surface area contributed by atoms with E-state index in [1.54, 1.807) is 49.6 Å². The second kappa shape index (κ2) is 9.06. The Hall–Kier alpha value is -3.29. The van der Waals surface area contributed by atoms with Crippen molar-refractivity contribution in [1.82, 2.24) is 14.7 Å². The quantitative estimate of drug-likeness (QED) is 0.406. The zero-order chi connectivity index (χ0) is 22.8. The molecule has 5 nitrogen and oxygen atoms in total. The monoisotopic (exact) mass is 455 g/mol. The molecule has 32 heavy (non-hydrogen) atoms.